The predicted octanol–water partition coefficient (Wildman–Crippen LogP) is 3.18. The van der Waals surface area contributed by atoms with Crippen LogP contribution in [-0.2, 0) is 15.4 Å². The number of amides is 1. The fourth-order valence-corrected chi connectivity index (χ4v) is 4.52. The van der Waals surface area contributed by atoms with E-state index in [-0.39, 0.29) is 22.3 Å². The molecule has 0 aromatic heterocycles. The van der Waals surface area contributed by atoms with Gasteiger partial charge in [0.15, 0.2) is 0 Å². The number of benzene rings is 2. The molecule has 6 heteroatoms. The molecule has 1 aliphatic rings. The van der Waals surface area contributed by atoms with Gasteiger partial charge in [-0.15, -0.1) is 0 Å². The number of rotatable bonds is 7. The zero-order chi connectivity index (χ0) is 19.7. The molecule has 0 bridgehead atoms. The molecule has 5 nitrogen and oxygen atoms in total. The Hall–Kier alpha value is -2.18. The third-order valence-electron chi connectivity index (χ3n) is 5.33. The Bertz CT molecular complexity index is 919. The van der Waals surface area contributed by atoms with E-state index in [9.17, 15) is 13.2 Å². The van der Waals surface area contributed by atoms with Gasteiger partial charge in [0.1, 0.15) is 0 Å². The van der Waals surface area contributed by atoms with Gasteiger partial charge >= 0.3 is 0 Å². The molecule has 0 aliphatic heterocycles. The molecular weight excluding hydrogens is 360 g/mol. The van der Waals surface area contributed by atoms with E-state index in [0.29, 0.717) is 12.1 Å². The van der Waals surface area contributed by atoms with Crippen molar-refractivity contribution in [1.29, 1.82) is 0 Å². The largest absolute Gasteiger partial charge is 0.351 e. The Labute approximate surface area is 161 Å². The molecule has 1 fully saturated rings. The van der Waals surface area contributed by atoms with Crippen LogP contribution in [0.25, 0.3) is 0 Å². The highest BCUT2D eigenvalue weighted by Gasteiger charge is 2.44. The first-order chi connectivity index (χ1) is 12.8. The molecule has 1 amide bonds. The highest BCUT2D eigenvalue weighted by molar-refractivity contribution is 7.89. The van der Waals surface area contributed by atoms with E-state index in [1.807, 2.05) is 32.0 Å². The summed E-state index contributed by atoms with van der Waals surface area (Å²) in [5.74, 6) is -0.249. The van der Waals surface area contributed by atoms with E-state index in [4.69, 9.17) is 0 Å². The minimum Gasteiger partial charge on any atom is -0.351 e. The third-order valence-corrected chi connectivity index (χ3v) is 7.36. The minimum atomic E-state index is -3.61. The average Bonchev–Trinajstić information content (AvgIpc) is 3.47. The van der Waals surface area contributed by atoms with Crippen molar-refractivity contribution in [3.8, 4) is 0 Å². The van der Waals surface area contributed by atoms with Gasteiger partial charge in [-0.2, -0.15) is 4.31 Å². The van der Waals surface area contributed by atoms with E-state index in [1.165, 1.54) is 22.0 Å². The Morgan fingerprint density at radius 2 is 1.78 bits per heavy atom. The van der Waals surface area contributed by atoms with Crippen LogP contribution in [0.4, 0.5) is 0 Å². The monoisotopic (exact) mass is 386 g/mol. The molecule has 0 spiro atoms. The van der Waals surface area contributed by atoms with Crippen LogP contribution in [-0.4, -0.2) is 38.3 Å². The van der Waals surface area contributed by atoms with Gasteiger partial charge in [-0.05, 0) is 50.5 Å². The first-order valence-corrected chi connectivity index (χ1v) is 10.6. The molecule has 0 heterocycles. The Balaban J connectivity index is 1.73. The zero-order valence-corrected chi connectivity index (χ0v) is 16.8. The molecule has 0 unspecified atom stereocenters. The first kappa shape index (κ1) is 19.6. The van der Waals surface area contributed by atoms with Crippen molar-refractivity contribution in [3.05, 3.63) is 65.7 Å². The van der Waals surface area contributed by atoms with Crippen LogP contribution in [0.3, 0.4) is 0 Å². The average molecular weight is 387 g/mol. The number of carbonyl (C=O) groups excluding carboxylic acids is 1. The van der Waals surface area contributed by atoms with Crippen molar-refractivity contribution in [3.63, 3.8) is 0 Å². The fraction of sp³-hybridized carbons (Fsp3) is 0.381. The standard InChI is InChI=1S/C21H26N2O3S/c1-16(2)23(3)27(25,26)19-11-7-8-17(14-19)20(24)22-15-21(12-13-21)18-9-5-4-6-10-18/h4-11,14,16H,12-13,15H2,1-3H3,(H,22,24). The summed E-state index contributed by atoms with van der Waals surface area (Å²) < 4.78 is 26.6. The summed E-state index contributed by atoms with van der Waals surface area (Å²) >= 11 is 0. The highest BCUT2D eigenvalue weighted by Crippen LogP contribution is 2.47. The molecule has 2 aromatic rings. The highest BCUT2D eigenvalue weighted by atomic mass is 32.2. The number of nitrogens with one attached hydrogen (secondary N) is 1. The third kappa shape index (κ3) is 4.06. The van der Waals surface area contributed by atoms with Crippen molar-refractivity contribution in [2.24, 2.45) is 0 Å². The maximum atomic E-state index is 12.7. The van der Waals surface area contributed by atoms with Crippen LogP contribution in [0, 0.1) is 0 Å². The minimum absolute atomic E-state index is 0.0124. The van der Waals surface area contributed by atoms with Gasteiger partial charge in [-0.1, -0.05) is 36.4 Å². The summed E-state index contributed by atoms with van der Waals surface area (Å²) in [6.07, 6.45) is 2.09. The molecule has 0 saturated heterocycles. The molecule has 1 saturated carbocycles. The van der Waals surface area contributed by atoms with Crippen molar-refractivity contribution in [2.75, 3.05) is 13.6 Å². The fourth-order valence-electron chi connectivity index (χ4n) is 3.10. The van der Waals surface area contributed by atoms with Crippen molar-refractivity contribution >= 4 is 15.9 Å². The summed E-state index contributed by atoms with van der Waals surface area (Å²) in [5.41, 5.74) is 1.61. The second-order valence-corrected chi connectivity index (χ2v) is 9.47. The van der Waals surface area contributed by atoms with Crippen LogP contribution in [0.5, 0.6) is 0 Å². The van der Waals surface area contributed by atoms with Gasteiger partial charge in [0.05, 0.1) is 4.90 Å². The molecule has 1 aliphatic carbocycles. The second kappa shape index (κ2) is 7.44. The number of hydrogen-bond donors (Lipinski definition) is 1. The SMILES string of the molecule is CC(C)N(C)S(=O)(=O)c1cccc(C(=O)NCC2(c3ccccc3)CC2)c1. The van der Waals surface area contributed by atoms with E-state index in [0.717, 1.165) is 12.8 Å². The zero-order valence-electron chi connectivity index (χ0n) is 16.0. The maximum absolute atomic E-state index is 12.7. The number of sulfonamides is 1. The Morgan fingerprint density at radius 3 is 2.37 bits per heavy atom. The molecule has 144 valence electrons. The number of hydrogen-bond acceptors (Lipinski definition) is 3. The molecule has 0 radical (unpaired) electrons. The summed E-state index contributed by atoms with van der Waals surface area (Å²) in [5, 5.41) is 2.98. The summed E-state index contributed by atoms with van der Waals surface area (Å²) in [6, 6.07) is 16.3. The molecule has 27 heavy (non-hydrogen) atoms. The molecule has 0 atom stereocenters. The van der Waals surface area contributed by atoms with Crippen LogP contribution in [0.2, 0.25) is 0 Å². The lowest BCUT2D eigenvalue weighted by Gasteiger charge is -2.21. The maximum Gasteiger partial charge on any atom is 0.251 e. The molecule has 3 rings (SSSR count). The van der Waals surface area contributed by atoms with Crippen LogP contribution in [0.1, 0.15) is 42.6 Å². The van der Waals surface area contributed by atoms with E-state index >= 15 is 0 Å². The molecule has 1 N–H and O–H groups in total. The molecular formula is C21H26N2O3S. The van der Waals surface area contributed by atoms with Crippen LogP contribution >= 0.6 is 0 Å². The lowest BCUT2D eigenvalue weighted by molar-refractivity contribution is 0.0949. The van der Waals surface area contributed by atoms with Gasteiger partial charge in [-0.25, -0.2) is 8.42 Å². The van der Waals surface area contributed by atoms with Gasteiger partial charge in [-0.3, -0.25) is 4.79 Å². The summed E-state index contributed by atoms with van der Waals surface area (Å²) in [6.45, 7) is 4.18. The van der Waals surface area contributed by atoms with Crippen molar-refractivity contribution in [1.82, 2.24) is 9.62 Å². The van der Waals surface area contributed by atoms with Crippen LogP contribution < -0.4 is 5.32 Å². The van der Waals surface area contributed by atoms with E-state index in [1.54, 1.807) is 19.2 Å². The van der Waals surface area contributed by atoms with Gasteiger partial charge in [0, 0.05) is 30.6 Å². The second-order valence-electron chi connectivity index (χ2n) is 7.47. The normalized spacial score (nSPS) is 15.7. The topological polar surface area (TPSA) is 66.5 Å². The Morgan fingerprint density at radius 1 is 1.11 bits per heavy atom. The van der Waals surface area contributed by atoms with Gasteiger partial charge < -0.3 is 5.32 Å². The smallest absolute Gasteiger partial charge is 0.251 e. The Kier molecular flexibility index (Phi) is 5.40. The quantitative estimate of drug-likeness (QED) is 0.795. The first-order valence-electron chi connectivity index (χ1n) is 9.18. The van der Waals surface area contributed by atoms with Gasteiger partial charge in [0.25, 0.3) is 5.91 Å². The molecule has 2 aromatic carbocycles. The van der Waals surface area contributed by atoms with E-state index < -0.39 is 10.0 Å². The van der Waals surface area contributed by atoms with Crippen molar-refractivity contribution in [2.45, 2.75) is 43.0 Å². The summed E-state index contributed by atoms with van der Waals surface area (Å²) in [4.78, 5) is 12.7. The van der Waals surface area contributed by atoms with Crippen LogP contribution in [0.15, 0.2) is 59.5 Å². The lowest BCUT2D eigenvalue weighted by atomic mass is 9.96. The predicted molar refractivity (Wildman–Crippen MR) is 106 cm³/mol. The number of nitrogens with zero attached hydrogens (tertiary/aromatic N) is 1. The lowest BCUT2D eigenvalue weighted by Crippen LogP contribution is -2.34. The van der Waals surface area contributed by atoms with Crippen molar-refractivity contribution < 1.29 is 13.2 Å². The van der Waals surface area contributed by atoms with Gasteiger partial charge in [0.2, 0.25) is 10.0 Å². The van der Waals surface area contributed by atoms with E-state index in [2.05, 4.69) is 17.4 Å². The summed E-state index contributed by atoms with van der Waals surface area (Å²) in [7, 11) is -2.07. The number of carbonyl (C=O) groups is 1.